The number of nitrogens with one attached hydrogen (secondary N) is 2. The second kappa shape index (κ2) is 6.52. The Morgan fingerprint density at radius 3 is 2.30 bits per heavy atom. The van der Waals surface area contributed by atoms with E-state index in [1.807, 2.05) is 20.8 Å². The van der Waals surface area contributed by atoms with E-state index in [0.717, 1.165) is 0 Å². The van der Waals surface area contributed by atoms with Gasteiger partial charge in [-0.25, -0.2) is 0 Å². The second-order valence-electron chi connectivity index (χ2n) is 5.45. The van der Waals surface area contributed by atoms with Gasteiger partial charge >= 0.3 is 0 Å². The predicted molar refractivity (Wildman–Crippen MR) is 81.4 cm³/mol. The lowest BCUT2D eigenvalue weighted by Gasteiger charge is -2.21. The van der Waals surface area contributed by atoms with Gasteiger partial charge in [-0.05, 0) is 31.5 Å². The molecule has 1 unspecified atom stereocenters. The van der Waals surface area contributed by atoms with E-state index in [0.29, 0.717) is 17.8 Å². The Morgan fingerprint density at radius 1 is 1.25 bits per heavy atom. The third-order valence-corrected chi connectivity index (χ3v) is 3.17. The Balaban J connectivity index is 2.79. The predicted octanol–water partition coefficient (Wildman–Crippen LogP) is 2.35. The minimum absolute atomic E-state index is 0.0642. The van der Waals surface area contributed by atoms with Crippen LogP contribution in [-0.4, -0.2) is 17.4 Å². The number of carbonyl (C=O) groups excluding carboxylic acids is 2. The molecular weight excluding hydrogens is 254 g/mol. The molecule has 0 radical (unpaired) electrons. The van der Waals surface area contributed by atoms with Crippen molar-refractivity contribution in [2.75, 3.05) is 10.6 Å². The van der Waals surface area contributed by atoms with Crippen LogP contribution in [0.15, 0.2) is 24.3 Å². The zero-order valence-corrected chi connectivity index (χ0v) is 12.5. The van der Waals surface area contributed by atoms with E-state index >= 15 is 0 Å². The van der Waals surface area contributed by atoms with Crippen LogP contribution in [0.1, 0.15) is 34.1 Å². The van der Waals surface area contributed by atoms with Crippen molar-refractivity contribution >= 4 is 23.2 Å². The molecule has 1 aromatic rings. The van der Waals surface area contributed by atoms with Crippen molar-refractivity contribution in [3.8, 4) is 0 Å². The van der Waals surface area contributed by atoms with Gasteiger partial charge in [0, 0.05) is 17.3 Å². The van der Waals surface area contributed by atoms with Gasteiger partial charge in [0.2, 0.25) is 11.8 Å². The van der Waals surface area contributed by atoms with Gasteiger partial charge in [0.05, 0.1) is 5.54 Å². The average molecular weight is 277 g/mol. The van der Waals surface area contributed by atoms with E-state index in [1.54, 1.807) is 31.2 Å². The third-order valence-electron chi connectivity index (χ3n) is 3.17. The van der Waals surface area contributed by atoms with E-state index in [4.69, 9.17) is 5.73 Å². The molecular formula is C15H23N3O2. The van der Waals surface area contributed by atoms with Gasteiger partial charge in [0.25, 0.3) is 0 Å². The molecule has 5 heteroatoms. The maximum atomic E-state index is 12.0. The number of nitrogens with two attached hydrogens (primary N) is 1. The van der Waals surface area contributed by atoms with E-state index in [9.17, 15) is 9.59 Å². The zero-order chi connectivity index (χ0) is 15.3. The Hall–Kier alpha value is -1.88. The first-order chi connectivity index (χ1) is 9.26. The van der Waals surface area contributed by atoms with Gasteiger partial charge in [0.1, 0.15) is 0 Å². The maximum absolute atomic E-state index is 12.0. The fourth-order valence-electron chi connectivity index (χ4n) is 1.40. The minimum Gasteiger partial charge on any atom is -0.326 e. The molecule has 1 rings (SSSR count). The number of rotatable bonds is 5. The van der Waals surface area contributed by atoms with Crippen molar-refractivity contribution in [3.63, 3.8) is 0 Å². The SMILES string of the molecule is CCC(C)(N)C(=O)Nc1cccc(NC(=O)C(C)C)c1. The lowest BCUT2D eigenvalue weighted by molar-refractivity contribution is -0.120. The molecule has 0 saturated heterocycles. The topological polar surface area (TPSA) is 84.2 Å². The fourth-order valence-corrected chi connectivity index (χ4v) is 1.40. The molecule has 0 bridgehead atoms. The van der Waals surface area contributed by atoms with Gasteiger partial charge in [-0.1, -0.05) is 26.8 Å². The van der Waals surface area contributed by atoms with E-state index in [1.165, 1.54) is 0 Å². The average Bonchev–Trinajstić information content (AvgIpc) is 2.38. The number of carbonyl (C=O) groups is 2. The summed E-state index contributed by atoms with van der Waals surface area (Å²) >= 11 is 0. The Kier molecular flexibility index (Phi) is 5.27. The Morgan fingerprint density at radius 2 is 1.80 bits per heavy atom. The molecule has 0 saturated carbocycles. The summed E-state index contributed by atoms with van der Waals surface area (Å²) in [5, 5.41) is 5.55. The number of amides is 2. The maximum Gasteiger partial charge on any atom is 0.244 e. The molecule has 0 aromatic heterocycles. The number of hydrogen-bond acceptors (Lipinski definition) is 3. The van der Waals surface area contributed by atoms with Crippen LogP contribution in [0, 0.1) is 5.92 Å². The monoisotopic (exact) mass is 277 g/mol. The van der Waals surface area contributed by atoms with Crippen LogP contribution in [0.5, 0.6) is 0 Å². The molecule has 1 atom stereocenters. The quantitative estimate of drug-likeness (QED) is 0.772. The summed E-state index contributed by atoms with van der Waals surface area (Å²) in [5.74, 6) is -0.404. The first kappa shape index (κ1) is 16.2. The van der Waals surface area contributed by atoms with Crippen LogP contribution >= 0.6 is 0 Å². The number of anilines is 2. The molecule has 0 aliphatic rings. The summed E-state index contributed by atoms with van der Waals surface area (Å²) in [6.07, 6.45) is 0.544. The van der Waals surface area contributed by atoms with Gasteiger partial charge in [-0.3, -0.25) is 9.59 Å². The third kappa shape index (κ3) is 4.35. The van der Waals surface area contributed by atoms with E-state index < -0.39 is 5.54 Å². The molecule has 0 fully saturated rings. The molecule has 20 heavy (non-hydrogen) atoms. The lowest BCUT2D eigenvalue weighted by Crippen LogP contribution is -2.47. The highest BCUT2D eigenvalue weighted by Crippen LogP contribution is 2.17. The van der Waals surface area contributed by atoms with Crippen LogP contribution in [0.4, 0.5) is 11.4 Å². The highest BCUT2D eigenvalue weighted by Gasteiger charge is 2.25. The van der Waals surface area contributed by atoms with Crippen molar-refractivity contribution < 1.29 is 9.59 Å². The van der Waals surface area contributed by atoms with Crippen molar-refractivity contribution in [1.29, 1.82) is 0 Å². The van der Waals surface area contributed by atoms with Crippen LogP contribution in [0.3, 0.4) is 0 Å². The summed E-state index contributed by atoms with van der Waals surface area (Å²) in [5.41, 5.74) is 6.24. The second-order valence-corrected chi connectivity index (χ2v) is 5.45. The van der Waals surface area contributed by atoms with Gasteiger partial charge in [0.15, 0.2) is 0 Å². The molecule has 0 aliphatic carbocycles. The number of benzene rings is 1. The Bertz CT molecular complexity index is 496. The van der Waals surface area contributed by atoms with Gasteiger partial charge in [-0.2, -0.15) is 0 Å². The molecule has 2 amide bonds. The largest absolute Gasteiger partial charge is 0.326 e. The lowest BCUT2D eigenvalue weighted by atomic mass is 9.99. The van der Waals surface area contributed by atoms with Gasteiger partial charge in [-0.15, -0.1) is 0 Å². The van der Waals surface area contributed by atoms with Crippen molar-refractivity contribution in [2.24, 2.45) is 11.7 Å². The van der Waals surface area contributed by atoms with E-state index in [-0.39, 0.29) is 17.7 Å². The highest BCUT2D eigenvalue weighted by molar-refractivity contribution is 5.98. The molecule has 0 spiro atoms. The normalized spacial score (nSPS) is 13.7. The summed E-state index contributed by atoms with van der Waals surface area (Å²) < 4.78 is 0. The summed E-state index contributed by atoms with van der Waals surface area (Å²) in [4.78, 5) is 23.6. The first-order valence-electron chi connectivity index (χ1n) is 6.77. The zero-order valence-electron chi connectivity index (χ0n) is 12.5. The summed E-state index contributed by atoms with van der Waals surface area (Å²) in [6, 6.07) is 7.02. The summed E-state index contributed by atoms with van der Waals surface area (Å²) in [6.45, 7) is 7.19. The fraction of sp³-hybridized carbons (Fsp3) is 0.467. The van der Waals surface area contributed by atoms with E-state index in [2.05, 4.69) is 10.6 Å². The van der Waals surface area contributed by atoms with Crippen LogP contribution in [-0.2, 0) is 9.59 Å². The van der Waals surface area contributed by atoms with Crippen LogP contribution < -0.4 is 16.4 Å². The standard InChI is InChI=1S/C15H23N3O2/c1-5-15(4,16)14(20)18-12-8-6-7-11(9-12)17-13(19)10(2)3/h6-10H,5,16H2,1-4H3,(H,17,19)(H,18,20). The molecule has 4 N–H and O–H groups in total. The molecule has 0 aliphatic heterocycles. The Labute approximate surface area is 119 Å². The smallest absolute Gasteiger partial charge is 0.244 e. The molecule has 0 heterocycles. The number of hydrogen-bond donors (Lipinski definition) is 3. The highest BCUT2D eigenvalue weighted by atomic mass is 16.2. The molecule has 5 nitrogen and oxygen atoms in total. The van der Waals surface area contributed by atoms with Crippen molar-refractivity contribution in [1.82, 2.24) is 0 Å². The van der Waals surface area contributed by atoms with Gasteiger partial charge < -0.3 is 16.4 Å². The minimum atomic E-state index is -0.906. The van der Waals surface area contributed by atoms with Crippen molar-refractivity contribution in [3.05, 3.63) is 24.3 Å². The van der Waals surface area contributed by atoms with Crippen LogP contribution in [0.25, 0.3) is 0 Å². The van der Waals surface area contributed by atoms with Crippen LogP contribution in [0.2, 0.25) is 0 Å². The molecule has 110 valence electrons. The first-order valence-corrected chi connectivity index (χ1v) is 6.77. The molecule has 1 aromatic carbocycles. The van der Waals surface area contributed by atoms with Crippen molar-refractivity contribution in [2.45, 2.75) is 39.7 Å². The summed E-state index contributed by atoms with van der Waals surface area (Å²) in [7, 11) is 0.